The molecule has 0 amide bonds. The van der Waals surface area contributed by atoms with Gasteiger partial charge in [0.25, 0.3) is 0 Å². The van der Waals surface area contributed by atoms with Gasteiger partial charge in [-0.1, -0.05) is 0 Å². The number of aliphatic carboxylic acids is 2. The fourth-order valence-electron chi connectivity index (χ4n) is 2.59. The van der Waals surface area contributed by atoms with Crippen molar-refractivity contribution in [1.29, 1.82) is 0 Å². The van der Waals surface area contributed by atoms with E-state index in [1.165, 1.54) is 0 Å². The Morgan fingerprint density at radius 1 is 1.43 bits per heavy atom. The SMILES string of the molecule is NC1(C(=O)O)CC(F)[C@H]2C1[C@@H]2C(=O)O. The topological polar surface area (TPSA) is 101 Å². The van der Waals surface area contributed by atoms with Crippen LogP contribution < -0.4 is 5.73 Å². The number of nitrogens with two attached hydrogens (primary N) is 1. The summed E-state index contributed by atoms with van der Waals surface area (Å²) in [4.78, 5) is 21.4. The van der Waals surface area contributed by atoms with Gasteiger partial charge >= 0.3 is 11.9 Å². The van der Waals surface area contributed by atoms with Gasteiger partial charge in [-0.3, -0.25) is 9.59 Å². The lowest BCUT2D eigenvalue weighted by Gasteiger charge is -2.21. The van der Waals surface area contributed by atoms with Crippen LogP contribution >= 0.6 is 0 Å². The minimum Gasteiger partial charge on any atom is -0.481 e. The van der Waals surface area contributed by atoms with Crippen LogP contribution in [0.5, 0.6) is 0 Å². The molecule has 0 aromatic rings. The van der Waals surface area contributed by atoms with E-state index in [1.54, 1.807) is 0 Å². The summed E-state index contributed by atoms with van der Waals surface area (Å²) in [5.41, 5.74) is 3.82. The molecule has 5 nitrogen and oxygen atoms in total. The number of halogens is 1. The van der Waals surface area contributed by atoms with E-state index in [0.717, 1.165) is 0 Å². The van der Waals surface area contributed by atoms with Crippen LogP contribution in [0.2, 0.25) is 0 Å². The van der Waals surface area contributed by atoms with Crippen molar-refractivity contribution in [1.82, 2.24) is 0 Å². The minimum atomic E-state index is -1.69. The van der Waals surface area contributed by atoms with Gasteiger partial charge in [0.05, 0.1) is 5.92 Å². The second-order valence-corrected chi connectivity index (χ2v) is 4.03. The van der Waals surface area contributed by atoms with Gasteiger partial charge in [-0.05, 0) is 0 Å². The first-order valence-electron chi connectivity index (χ1n) is 4.28. The minimum absolute atomic E-state index is 0.276. The zero-order valence-electron chi connectivity index (χ0n) is 7.18. The monoisotopic (exact) mass is 203 g/mol. The highest BCUT2D eigenvalue weighted by molar-refractivity contribution is 5.85. The lowest BCUT2D eigenvalue weighted by Crippen LogP contribution is -2.50. The van der Waals surface area contributed by atoms with E-state index in [4.69, 9.17) is 15.9 Å². The third-order valence-electron chi connectivity index (χ3n) is 3.30. The van der Waals surface area contributed by atoms with E-state index in [9.17, 15) is 14.0 Å². The van der Waals surface area contributed by atoms with Crippen LogP contribution in [0.1, 0.15) is 6.42 Å². The van der Waals surface area contributed by atoms with Crippen LogP contribution in [0, 0.1) is 17.8 Å². The highest BCUT2D eigenvalue weighted by Gasteiger charge is 2.74. The fraction of sp³-hybridized carbons (Fsp3) is 0.750. The second kappa shape index (κ2) is 2.44. The molecule has 0 radical (unpaired) electrons. The van der Waals surface area contributed by atoms with Gasteiger partial charge in [-0.25, -0.2) is 4.39 Å². The quantitative estimate of drug-likeness (QED) is 0.559. The van der Waals surface area contributed by atoms with Crippen LogP contribution in [-0.4, -0.2) is 33.9 Å². The molecular formula is C8H10FNO4. The van der Waals surface area contributed by atoms with Gasteiger partial charge in [0, 0.05) is 18.3 Å². The predicted octanol–water partition coefficient (Wildman–Crippen LogP) is -0.543. The van der Waals surface area contributed by atoms with Crippen molar-refractivity contribution in [3.05, 3.63) is 0 Å². The molecule has 0 aliphatic heterocycles. The van der Waals surface area contributed by atoms with Crippen molar-refractivity contribution in [2.24, 2.45) is 23.5 Å². The number of carboxylic acid groups (broad SMARTS) is 2. The molecule has 0 saturated heterocycles. The van der Waals surface area contributed by atoms with Crippen LogP contribution in [0.25, 0.3) is 0 Å². The molecule has 4 N–H and O–H groups in total. The molecule has 2 fully saturated rings. The third-order valence-corrected chi connectivity index (χ3v) is 3.30. The molecule has 6 heteroatoms. The van der Waals surface area contributed by atoms with Gasteiger partial charge in [0.2, 0.25) is 0 Å². The van der Waals surface area contributed by atoms with Crippen molar-refractivity contribution < 1.29 is 24.2 Å². The zero-order valence-corrected chi connectivity index (χ0v) is 7.18. The van der Waals surface area contributed by atoms with Gasteiger partial charge in [0.15, 0.2) is 0 Å². The lowest BCUT2D eigenvalue weighted by molar-refractivity contribution is -0.145. The maximum absolute atomic E-state index is 13.2. The summed E-state index contributed by atoms with van der Waals surface area (Å²) in [6.07, 6.45) is -1.68. The maximum atomic E-state index is 13.2. The number of carboxylic acids is 2. The molecule has 0 spiro atoms. The molecule has 78 valence electrons. The Kier molecular flexibility index (Phi) is 1.64. The van der Waals surface area contributed by atoms with Crippen LogP contribution in [0.15, 0.2) is 0 Å². The number of carbonyl (C=O) groups is 2. The smallest absolute Gasteiger partial charge is 0.324 e. The van der Waals surface area contributed by atoms with Gasteiger partial charge < -0.3 is 15.9 Å². The van der Waals surface area contributed by atoms with E-state index < -0.39 is 41.4 Å². The Bertz CT molecular complexity index is 320. The summed E-state index contributed by atoms with van der Waals surface area (Å²) in [7, 11) is 0. The van der Waals surface area contributed by atoms with Crippen molar-refractivity contribution in [3.8, 4) is 0 Å². The molecule has 14 heavy (non-hydrogen) atoms. The highest BCUT2D eigenvalue weighted by Crippen LogP contribution is 2.62. The van der Waals surface area contributed by atoms with Gasteiger partial charge in [-0.15, -0.1) is 0 Å². The normalized spacial score (nSPS) is 49.9. The summed E-state index contributed by atoms with van der Waals surface area (Å²) in [5, 5.41) is 17.5. The molecule has 2 rings (SSSR count). The fourth-order valence-corrected chi connectivity index (χ4v) is 2.59. The number of alkyl halides is 1. The Hall–Kier alpha value is -1.17. The lowest BCUT2D eigenvalue weighted by atomic mass is 9.91. The van der Waals surface area contributed by atoms with E-state index in [-0.39, 0.29) is 6.42 Å². The first kappa shape index (κ1) is 9.39. The van der Waals surface area contributed by atoms with Crippen molar-refractivity contribution in [2.75, 3.05) is 0 Å². The second-order valence-electron chi connectivity index (χ2n) is 4.03. The average molecular weight is 203 g/mol. The van der Waals surface area contributed by atoms with Gasteiger partial charge in [-0.2, -0.15) is 0 Å². The van der Waals surface area contributed by atoms with Crippen LogP contribution in [-0.2, 0) is 9.59 Å². The number of hydrogen-bond acceptors (Lipinski definition) is 3. The van der Waals surface area contributed by atoms with E-state index in [2.05, 4.69) is 0 Å². The van der Waals surface area contributed by atoms with Gasteiger partial charge in [0.1, 0.15) is 11.7 Å². The average Bonchev–Trinajstić information content (AvgIpc) is 2.72. The largest absolute Gasteiger partial charge is 0.481 e. The maximum Gasteiger partial charge on any atom is 0.324 e. The molecule has 0 aromatic carbocycles. The molecule has 2 aliphatic rings. The van der Waals surface area contributed by atoms with E-state index in [1.807, 2.05) is 0 Å². The summed E-state index contributed by atoms with van der Waals surface area (Å²) >= 11 is 0. The molecule has 2 aliphatic carbocycles. The molecule has 0 bridgehead atoms. The van der Waals surface area contributed by atoms with Crippen molar-refractivity contribution in [2.45, 2.75) is 18.1 Å². The first-order chi connectivity index (χ1) is 6.39. The highest BCUT2D eigenvalue weighted by atomic mass is 19.1. The number of hydrogen-bond donors (Lipinski definition) is 3. The Balaban J connectivity index is 2.26. The standard InChI is InChI=1S/C8H10FNO4/c9-2-1-8(10,7(13)14)5-3(2)4(5)6(11)12/h2-5H,1,10H2,(H,11,12)(H,13,14)/t2?,3-,4-,5?,8?/m1/s1. The van der Waals surface area contributed by atoms with Crippen molar-refractivity contribution >= 4 is 11.9 Å². The molecule has 3 unspecified atom stereocenters. The molecular weight excluding hydrogens is 193 g/mol. The summed E-state index contributed by atoms with van der Waals surface area (Å²) < 4.78 is 13.2. The Morgan fingerprint density at radius 3 is 2.36 bits per heavy atom. The number of rotatable bonds is 2. The molecule has 5 atom stereocenters. The van der Waals surface area contributed by atoms with Crippen molar-refractivity contribution in [3.63, 3.8) is 0 Å². The first-order valence-corrected chi connectivity index (χ1v) is 4.28. The Labute approximate surface area is 78.7 Å². The molecule has 2 saturated carbocycles. The molecule has 0 heterocycles. The number of fused-ring (bicyclic) bond motifs is 1. The molecule has 0 aromatic heterocycles. The van der Waals surface area contributed by atoms with E-state index >= 15 is 0 Å². The summed E-state index contributed by atoms with van der Waals surface area (Å²) in [6, 6.07) is 0. The summed E-state index contributed by atoms with van der Waals surface area (Å²) in [6.45, 7) is 0. The van der Waals surface area contributed by atoms with E-state index in [0.29, 0.717) is 0 Å². The Morgan fingerprint density at radius 2 is 2.00 bits per heavy atom. The van der Waals surface area contributed by atoms with Crippen LogP contribution in [0.3, 0.4) is 0 Å². The zero-order chi connectivity index (χ0) is 10.7. The predicted molar refractivity (Wildman–Crippen MR) is 42.2 cm³/mol. The van der Waals surface area contributed by atoms with Crippen LogP contribution in [0.4, 0.5) is 4.39 Å². The third kappa shape index (κ3) is 0.914. The summed E-state index contributed by atoms with van der Waals surface area (Å²) in [5.74, 6) is -4.82.